The topological polar surface area (TPSA) is 21.3 Å². The van der Waals surface area contributed by atoms with Gasteiger partial charge in [-0.15, -0.1) is 0 Å². The molecule has 0 aliphatic heterocycles. The molecular weight excluding hydrogens is 375 g/mol. The minimum absolute atomic E-state index is 0.00542. The molecule has 0 spiro atoms. The zero-order valence-corrected chi connectivity index (χ0v) is 16.5. The highest BCUT2D eigenvalue weighted by Crippen LogP contribution is 2.32. The van der Waals surface area contributed by atoms with Crippen LogP contribution in [0.4, 0.5) is 18.9 Å². The van der Waals surface area contributed by atoms with Crippen molar-refractivity contribution in [3.8, 4) is 11.5 Å². The Morgan fingerprint density at radius 1 is 0.897 bits per heavy atom. The van der Waals surface area contributed by atoms with E-state index in [1.807, 2.05) is 25.1 Å². The van der Waals surface area contributed by atoms with E-state index in [-0.39, 0.29) is 17.0 Å². The van der Waals surface area contributed by atoms with Crippen LogP contribution in [0.15, 0.2) is 61.2 Å². The van der Waals surface area contributed by atoms with E-state index >= 15 is 0 Å². The van der Waals surface area contributed by atoms with Crippen molar-refractivity contribution in [3.63, 3.8) is 0 Å². The summed E-state index contributed by atoms with van der Waals surface area (Å²) in [7, 11) is 0. The fourth-order valence-electron chi connectivity index (χ4n) is 2.89. The maximum Gasteiger partial charge on any atom is 0.167 e. The molecule has 0 saturated heterocycles. The van der Waals surface area contributed by atoms with Crippen molar-refractivity contribution in [1.29, 1.82) is 0 Å². The maximum absolute atomic E-state index is 14.6. The van der Waals surface area contributed by atoms with Crippen LogP contribution in [0.5, 0.6) is 11.5 Å². The van der Waals surface area contributed by atoms with Crippen LogP contribution in [0, 0.1) is 24.4 Å². The predicted molar refractivity (Wildman–Crippen MR) is 111 cm³/mol. The average molecular weight is 397 g/mol. The molecule has 0 fully saturated rings. The molecule has 0 saturated carbocycles. The van der Waals surface area contributed by atoms with Gasteiger partial charge in [-0.1, -0.05) is 38.6 Å². The summed E-state index contributed by atoms with van der Waals surface area (Å²) in [5.41, 5.74) is 1.99. The van der Waals surface area contributed by atoms with Crippen LogP contribution < -0.4 is 10.1 Å². The Kier molecular flexibility index (Phi) is 5.97. The van der Waals surface area contributed by atoms with E-state index in [9.17, 15) is 13.2 Å². The summed E-state index contributed by atoms with van der Waals surface area (Å²) in [5.74, 6) is -1.15. The van der Waals surface area contributed by atoms with E-state index in [0.29, 0.717) is 17.4 Å². The van der Waals surface area contributed by atoms with Crippen LogP contribution in [-0.4, -0.2) is 0 Å². The lowest BCUT2D eigenvalue weighted by molar-refractivity contribution is 0.439. The first kappa shape index (κ1) is 20.5. The van der Waals surface area contributed by atoms with Gasteiger partial charge in [-0.25, -0.2) is 13.2 Å². The minimum Gasteiger partial charge on any atom is -0.454 e. The van der Waals surface area contributed by atoms with Crippen LogP contribution in [-0.2, 0) is 0 Å². The van der Waals surface area contributed by atoms with Crippen molar-refractivity contribution in [2.75, 3.05) is 5.32 Å². The van der Waals surface area contributed by atoms with Gasteiger partial charge in [0.25, 0.3) is 0 Å². The van der Waals surface area contributed by atoms with Crippen molar-refractivity contribution >= 4 is 11.4 Å². The molecule has 0 radical (unpaired) electrons. The molecule has 3 aromatic rings. The van der Waals surface area contributed by atoms with Crippen LogP contribution >= 0.6 is 0 Å². The van der Waals surface area contributed by atoms with Crippen molar-refractivity contribution in [1.82, 2.24) is 0 Å². The van der Waals surface area contributed by atoms with Gasteiger partial charge in [-0.3, -0.25) is 0 Å². The molecule has 3 rings (SSSR count). The summed E-state index contributed by atoms with van der Waals surface area (Å²) < 4.78 is 48.1. The Hall–Kier alpha value is -3.21. The number of anilines is 1. The molecule has 0 bridgehead atoms. The van der Waals surface area contributed by atoms with Crippen LogP contribution in [0.25, 0.3) is 5.70 Å². The van der Waals surface area contributed by atoms with Gasteiger partial charge in [-0.2, -0.15) is 0 Å². The van der Waals surface area contributed by atoms with E-state index in [1.54, 1.807) is 6.07 Å². The summed E-state index contributed by atoms with van der Waals surface area (Å²) in [6.07, 6.45) is 0. The zero-order chi connectivity index (χ0) is 21.1. The second-order valence-electron chi connectivity index (χ2n) is 7.13. The van der Waals surface area contributed by atoms with E-state index < -0.39 is 17.5 Å². The first-order chi connectivity index (χ1) is 13.8. The fraction of sp³-hybridized carbons (Fsp3) is 0.167. The maximum atomic E-state index is 14.6. The minimum atomic E-state index is -0.747. The molecule has 1 N–H and O–H groups in total. The normalized spacial score (nSPS) is 10.9. The average Bonchev–Trinajstić information content (AvgIpc) is 2.65. The highest BCUT2D eigenvalue weighted by molar-refractivity contribution is 5.76. The van der Waals surface area contributed by atoms with E-state index in [2.05, 4.69) is 25.7 Å². The van der Waals surface area contributed by atoms with Gasteiger partial charge in [0.2, 0.25) is 0 Å². The molecule has 0 unspecified atom stereocenters. The van der Waals surface area contributed by atoms with Gasteiger partial charge in [-0.05, 0) is 54.3 Å². The third-order valence-electron chi connectivity index (χ3n) is 4.59. The van der Waals surface area contributed by atoms with E-state index in [1.165, 1.54) is 18.2 Å². The zero-order valence-electron chi connectivity index (χ0n) is 16.5. The molecule has 0 aromatic heterocycles. The molecule has 5 heteroatoms. The third kappa shape index (κ3) is 4.62. The van der Waals surface area contributed by atoms with Crippen molar-refractivity contribution in [2.45, 2.75) is 26.7 Å². The van der Waals surface area contributed by atoms with Gasteiger partial charge >= 0.3 is 0 Å². The molecule has 0 heterocycles. The number of hydrogen-bond acceptors (Lipinski definition) is 2. The standard InChI is InChI=1S/C24H22F3NO/c1-14(2)17-9-8-15(3)23(12-17)29-22-11-10-18(13-21(22)27)28-16(4)24-19(25)6-5-7-20(24)26/h5-14,28H,4H2,1-3H3. The summed E-state index contributed by atoms with van der Waals surface area (Å²) in [4.78, 5) is 0. The highest BCUT2D eigenvalue weighted by atomic mass is 19.1. The Bertz CT molecular complexity index is 1040. The lowest BCUT2D eigenvalue weighted by Crippen LogP contribution is -2.03. The number of ether oxygens (including phenoxy) is 1. The highest BCUT2D eigenvalue weighted by Gasteiger charge is 2.14. The largest absolute Gasteiger partial charge is 0.454 e. The number of halogens is 3. The summed E-state index contributed by atoms with van der Waals surface area (Å²) in [6.45, 7) is 9.68. The summed E-state index contributed by atoms with van der Waals surface area (Å²) in [5, 5.41) is 2.74. The number of aryl methyl sites for hydroxylation is 1. The Balaban J connectivity index is 1.81. The van der Waals surface area contributed by atoms with Gasteiger partial charge < -0.3 is 10.1 Å². The number of rotatable bonds is 6. The SMILES string of the molecule is C=C(Nc1ccc(Oc2cc(C(C)C)ccc2C)c(F)c1)c1c(F)cccc1F. The van der Waals surface area contributed by atoms with E-state index in [0.717, 1.165) is 23.3 Å². The lowest BCUT2D eigenvalue weighted by atomic mass is 10.0. The molecule has 0 aliphatic carbocycles. The second-order valence-corrected chi connectivity index (χ2v) is 7.13. The first-order valence-corrected chi connectivity index (χ1v) is 9.24. The molecule has 29 heavy (non-hydrogen) atoms. The molecule has 2 nitrogen and oxygen atoms in total. The molecular formula is C24H22F3NO. The Morgan fingerprint density at radius 3 is 2.21 bits per heavy atom. The molecule has 0 amide bonds. The summed E-state index contributed by atoms with van der Waals surface area (Å²) >= 11 is 0. The van der Waals surface area contributed by atoms with Crippen molar-refractivity contribution < 1.29 is 17.9 Å². The second kappa shape index (κ2) is 8.43. The number of hydrogen-bond donors (Lipinski definition) is 1. The monoisotopic (exact) mass is 397 g/mol. The molecule has 0 atom stereocenters. The number of nitrogens with one attached hydrogen (secondary N) is 1. The van der Waals surface area contributed by atoms with Gasteiger partial charge in [0.15, 0.2) is 11.6 Å². The smallest absolute Gasteiger partial charge is 0.167 e. The van der Waals surface area contributed by atoms with Crippen LogP contribution in [0.2, 0.25) is 0 Å². The van der Waals surface area contributed by atoms with E-state index in [4.69, 9.17) is 4.74 Å². The molecule has 150 valence electrons. The third-order valence-corrected chi connectivity index (χ3v) is 4.59. The lowest BCUT2D eigenvalue weighted by Gasteiger charge is -2.15. The van der Waals surface area contributed by atoms with Gasteiger partial charge in [0, 0.05) is 17.5 Å². The predicted octanol–water partition coefficient (Wildman–Crippen LogP) is 7.41. The molecule has 0 aliphatic rings. The van der Waals surface area contributed by atoms with Gasteiger partial charge in [0.1, 0.15) is 17.4 Å². The quantitative estimate of drug-likeness (QED) is 0.467. The summed E-state index contributed by atoms with van der Waals surface area (Å²) in [6, 6.07) is 13.6. The Morgan fingerprint density at radius 2 is 1.59 bits per heavy atom. The Labute approximate surface area is 168 Å². The van der Waals surface area contributed by atoms with Gasteiger partial charge in [0.05, 0.1) is 5.56 Å². The fourth-order valence-corrected chi connectivity index (χ4v) is 2.89. The van der Waals surface area contributed by atoms with Crippen molar-refractivity contribution in [3.05, 3.63) is 95.3 Å². The molecule has 3 aromatic carbocycles. The number of benzene rings is 3. The first-order valence-electron chi connectivity index (χ1n) is 9.24. The van der Waals surface area contributed by atoms with Crippen LogP contribution in [0.3, 0.4) is 0 Å². The van der Waals surface area contributed by atoms with Crippen LogP contribution in [0.1, 0.15) is 36.5 Å². The van der Waals surface area contributed by atoms with Crippen molar-refractivity contribution in [2.24, 2.45) is 0 Å².